The van der Waals surface area contributed by atoms with E-state index in [1.807, 2.05) is 13.8 Å². The third kappa shape index (κ3) is 3.47. The number of aromatic nitrogens is 1. The summed E-state index contributed by atoms with van der Waals surface area (Å²) in [6, 6.07) is 0. The highest BCUT2D eigenvalue weighted by Crippen LogP contribution is 2.11. The molecule has 0 aromatic carbocycles. The zero-order valence-electron chi connectivity index (χ0n) is 8.99. The Labute approximate surface area is 99.1 Å². The fourth-order valence-electron chi connectivity index (χ4n) is 1.31. The number of aryl methyl sites for hydroxylation is 1. The summed E-state index contributed by atoms with van der Waals surface area (Å²) in [4.78, 5) is 17.9. The number of amides is 1. The molecule has 0 fully saturated rings. The van der Waals surface area contributed by atoms with Crippen LogP contribution < -0.4 is 0 Å². The van der Waals surface area contributed by atoms with Crippen LogP contribution in [0, 0.1) is 6.92 Å². The van der Waals surface area contributed by atoms with Gasteiger partial charge in [0.05, 0.1) is 5.01 Å². The minimum Gasteiger partial charge on any atom is -0.336 e. The third-order valence-corrected chi connectivity index (χ3v) is 2.92. The topological polar surface area (TPSA) is 33.2 Å². The van der Waals surface area contributed by atoms with Crippen LogP contribution in [0.5, 0.6) is 0 Å². The maximum atomic E-state index is 11.9. The first-order valence-electron chi connectivity index (χ1n) is 4.96. The Morgan fingerprint density at radius 2 is 2.33 bits per heavy atom. The molecule has 1 rings (SSSR count). The van der Waals surface area contributed by atoms with Crippen LogP contribution in [-0.2, 0) is 0 Å². The molecule has 0 N–H and O–H groups in total. The summed E-state index contributed by atoms with van der Waals surface area (Å²) in [5.74, 6) is 0.455. The Morgan fingerprint density at radius 3 is 2.80 bits per heavy atom. The van der Waals surface area contributed by atoms with Crippen molar-refractivity contribution < 1.29 is 4.79 Å². The number of nitrogens with zero attached hydrogens (tertiary/aromatic N) is 2. The van der Waals surface area contributed by atoms with Crippen LogP contribution in [0.4, 0.5) is 0 Å². The quantitative estimate of drug-likeness (QED) is 0.748. The van der Waals surface area contributed by atoms with Crippen LogP contribution in [0.25, 0.3) is 0 Å². The lowest BCUT2D eigenvalue weighted by molar-refractivity contribution is 0.0760. The SMILES string of the molecule is CCCN(CCCl)C(=O)c1csc(C)n1. The number of halogens is 1. The monoisotopic (exact) mass is 246 g/mol. The van der Waals surface area contributed by atoms with Crippen LogP contribution >= 0.6 is 22.9 Å². The lowest BCUT2D eigenvalue weighted by atomic mass is 10.3. The average Bonchev–Trinajstić information content (AvgIpc) is 2.63. The van der Waals surface area contributed by atoms with Gasteiger partial charge in [-0.05, 0) is 13.3 Å². The number of hydrogen-bond donors (Lipinski definition) is 0. The van der Waals surface area contributed by atoms with E-state index in [0.29, 0.717) is 18.1 Å². The second-order valence-electron chi connectivity index (χ2n) is 3.23. The maximum absolute atomic E-state index is 11.9. The van der Waals surface area contributed by atoms with E-state index in [4.69, 9.17) is 11.6 Å². The smallest absolute Gasteiger partial charge is 0.273 e. The predicted octanol–water partition coefficient (Wildman–Crippen LogP) is 2.54. The summed E-state index contributed by atoms with van der Waals surface area (Å²) in [7, 11) is 0. The van der Waals surface area contributed by atoms with Crippen molar-refractivity contribution >= 4 is 28.8 Å². The Balaban J connectivity index is 2.71. The molecule has 0 aliphatic rings. The van der Waals surface area contributed by atoms with Gasteiger partial charge in [0, 0.05) is 24.3 Å². The molecule has 5 heteroatoms. The van der Waals surface area contributed by atoms with Gasteiger partial charge in [0.2, 0.25) is 0 Å². The molecule has 1 amide bonds. The molecule has 1 heterocycles. The molecule has 84 valence electrons. The van der Waals surface area contributed by atoms with E-state index in [0.717, 1.165) is 18.0 Å². The number of carbonyl (C=O) groups is 1. The van der Waals surface area contributed by atoms with Crippen molar-refractivity contribution in [2.24, 2.45) is 0 Å². The van der Waals surface area contributed by atoms with E-state index in [1.165, 1.54) is 11.3 Å². The van der Waals surface area contributed by atoms with Gasteiger partial charge in [0.25, 0.3) is 5.91 Å². The number of thiazole rings is 1. The highest BCUT2D eigenvalue weighted by atomic mass is 35.5. The van der Waals surface area contributed by atoms with E-state index in [2.05, 4.69) is 4.98 Å². The Bertz CT molecular complexity index is 321. The zero-order chi connectivity index (χ0) is 11.3. The molecule has 15 heavy (non-hydrogen) atoms. The second-order valence-corrected chi connectivity index (χ2v) is 4.67. The molecule has 0 atom stereocenters. The largest absolute Gasteiger partial charge is 0.336 e. The average molecular weight is 247 g/mol. The van der Waals surface area contributed by atoms with Crippen molar-refractivity contribution in [2.45, 2.75) is 20.3 Å². The van der Waals surface area contributed by atoms with Gasteiger partial charge < -0.3 is 4.90 Å². The van der Waals surface area contributed by atoms with Crippen LogP contribution in [0.1, 0.15) is 28.8 Å². The van der Waals surface area contributed by atoms with Crippen LogP contribution in [0.2, 0.25) is 0 Å². The first kappa shape index (κ1) is 12.5. The van der Waals surface area contributed by atoms with Gasteiger partial charge in [-0.15, -0.1) is 22.9 Å². The summed E-state index contributed by atoms with van der Waals surface area (Å²) in [6.07, 6.45) is 0.936. The fourth-order valence-corrected chi connectivity index (χ4v) is 2.10. The van der Waals surface area contributed by atoms with E-state index in [1.54, 1.807) is 10.3 Å². The fraction of sp³-hybridized carbons (Fsp3) is 0.600. The van der Waals surface area contributed by atoms with Crippen molar-refractivity contribution in [2.75, 3.05) is 19.0 Å². The molecule has 1 aromatic rings. The molecule has 0 spiro atoms. The Kier molecular flexibility index (Phi) is 5.05. The first-order valence-corrected chi connectivity index (χ1v) is 6.37. The number of alkyl halides is 1. The number of carbonyl (C=O) groups excluding carboxylic acids is 1. The minimum atomic E-state index is -0.0122. The van der Waals surface area contributed by atoms with Gasteiger partial charge >= 0.3 is 0 Å². The van der Waals surface area contributed by atoms with Crippen molar-refractivity contribution in [1.29, 1.82) is 0 Å². The van der Waals surface area contributed by atoms with Crippen molar-refractivity contribution in [3.05, 3.63) is 16.1 Å². The summed E-state index contributed by atoms with van der Waals surface area (Å²) in [6.45, 7) is 5.26. The number of hydrogen-bond acceptors (Lipinski definition) is 3. The molecule has 3 nitrogen and oxygen atoms in total. The van der Waals surface area contributed by atoms with E-state index in [-0.39, 0.29) is 5.91 Å². The summed E-state index contributed by atoms with van der Waals surface area (Å²) in [5.41, 5.74) is 0.538. The molecule has 0 unspecified atom stereocenters. The standard InChI is InChI=1S/C10H15ClN2OS/c1-3-5-13(6-4-11)10(14)9-7-15-8(2)12-9/h7H,3-6H2,1-2H3. The summed E-state index contributed by atoms with van der Waals surface area (Å²) in [5, 5.41) is 2.72. The highest BCUT2D eigenvalue weighted by Gasteiger charge is 2.16. The minimum absolute atomic E-state index is 0.0122. The zero-order valence-corrected chi connectivity index (χ0v) is 10.6. The van der Waals surface area contributed by atoms with Crippen LogP contribution in [0.15, 0.2) is 5.38 Å². The molecule has 0 saturated carbocycles. The first-order chi connectivity index (χ1) is 7.19. The molecule has 0 radical (unpaired) electrons. The highest BCUT2D eigenvalue weighted by molar-refractivity contribution is 7.09. The van der Waals surface area contributed by atoms with Gasteiger partial charge in [0.1, 0.15) is 5.69 Å². The van der Waals surface area contributed by atoms with Crippen molar-refractivity contribution in [3.63, 3.8) is 0 Å². The Hall–Kier alpha value is -0.610. The van der Waals surface area contributed by atoms with E-state index >= 15 is 0 Å². The van der Waals surface area contributed by atoms with Gasteiger partial charge in [-0.3, -0.25) is 4.79 Å². The normalized spacial score (nSPS) is 10.3. The third-order valence-electron chi connectivity index (χ3n) is 1.97. The van der Waals surface area contributed by atoms with Crippen molar-refractivity contribution in [3.8, 4) is 0 Å². The van der Waals surface area contributed by atoms with Gasteiger partial charge in [-0.2, -0.15) is 0 Å². The molecular weight excluding hydrogens is 232 g/mol. The Morgan fingerprint density at radius 1 is 1.60 bits per heavy atom. The number of rotatable bonds is 5. The molecule has 0 aliphatic carbocycles. The molecule has 0 bridgehead atoms. The lowest BCUT2D eigenvalue weighted by Gasteiger charge is -2.19. The van der Waals surface area contributed by atoms with Crippen molar-refractivity contribution in [1.82, 2.24) is 9.88 Å². The van der Waals surface area contributed by atoms with E-state index in [9.17, 15) is 4.79 Å². The molecule has 0 aliphatic heterocycles. The molecule has 1 aromatic heterocycles. The van der Waals surface area contributed by atoms with Crippen LogP contribution in [-0.4, -0.2) is 34.8 Å². The van der Waals surface area contributed by atoms with Gasteiger partial charge in [-0.25, -0.2) is 4.98 Å². The van der Waals surface area contributed by atoms with Gasteiger partial charge in [-0.1, -0.05) is 6.92 Å². The lowest BCUT2D eigenvalue weighted by Crippen LogP contribution is -2.33. The van der Waals surface area contributed by atoms with Gasteiger partial charge in [0.15, 0.2) is 0 Å². The summed E-state index contributed by atoms with van der Waals surface area (Å²) >= 11 is 7.15. The van der Waals surface area contributed by atoms with E-state index < -0.39 is 0 Å². The maximum Gasteiger partial charge on any atom is 0.273 e. The molecule has 0 saturated heterocycles. The predicted molar refractivity (Wildman–Crippen MR) is 63.8 cm³/mol. The second kappa shape index (κ2) is 6.08. The summed E-state index contributed by atoms with van der Waals surface area (Å²) < 4.78 is 0. The molecular formula is C10H15ClN2OS. The van der Waals surface area contributed by atoms with Crippen LogP contribution in [0.3, 0.4) is 0 Å².